The second kappa shape index (κ2) is 12.4. The van der Waals surface area contributed by atoms with E-state index >= 15 is 0 Å². The number of furan rings is 1. The molecule has 5 nitrogen and oxygen atoms in total. The molecular formula is C36H34IrN4OSi-2. The molecule has 0 spiro atoms. The summed E-state index contributed by atoms with van der Waals surface area (Å²) in [5.74, 6) is 1.28. The minimum atomic E-state index is -1.23. The molecule has 4 heterocycles. The van der Waals surface area contributed by atoms with Crippen LogP contribution in [0.1, 0.15) is 25.3 Å². The van der Waals surface area contributed by atoms with Gasteiger partial charge in [-0.2, -0.15) is 0 Å². The van der Waals surface area contributed by atoms with Crippen molar-refractivity contribution in [2.75, 3.05) is 0 Å². The van der Waals surface area contributed by atoms with E-state index in [2.05, 4.69) is 91.5 Å². The molecular weight excluding hydrogens is 725 g/mol. The normalized spacial score (nSPS) is 11.5. The molecule has 43 heavy (non-hydrogen) atoms. The van der Waals surface area contributed by atoms with Crippen molar-refractivity contribution in [3.8, 4) is 22.6 Å². The topological polar surface area (TPSA) is 56.7 Å². The average molecular weight is 759 g/mol. The fourth-order valence-corrected chi connectivity index (χ4v) is 6.25. The van der Waals surface area contributed by atoms with E-state index in [4.69, 9.17) is 9.40 Å². The average Bonchev–Trinajstić information content (AvgIpc) is 3.54. The molecule has 4 aromatic heterocycles. The third-order valence-corrected chi connectivity index (χ3v) is 9.62. The first-order chi connectivity index (χ1) is 20.2. The Balaban J connectivity index is 0.000000188. The molecule has 0 N–H and O–H groups in total. The van der Waals surface area contributed by atoms with Crippen LogP contribution in [-0.2, 0) is 27.2 Å². The number of aromatic nitrogens is 4. The summed E-state index contributed by atoms with van der Waals surface area (Å²) in [4.78, 5) is 13.7. The summed E-state index contributed by atoms with van der Waals surface area (Å²) in [6.45, 7) is 11.4. The third kappa shape index (κ3) is 6.11. The maximum absolute atomic E-state index is 5.91. The minimum Gasteiger partial charge on any atom is -0.500 e. The predicted octanol–water partition coefficient (Wildman–Crippen LogP) is 8.55. The molecule has 1 radical (unpaired) electrons. The first kappa shape index (κ1) is 30.6. The van der Waals surface area contributed by atoms with Crippen molar-refractivity contribution in [1.82, 2.24) is 19.5 Å². The van der Waals surface area contributed by atoms with Gasteiger partial charge in [0.25, 0.3) is 0 Å². The fraction of sp³-hybridized carbons (Fsp3) is 0.194. The number of aryl methyl sites for hydroxylation is 1. The van der Waals surface area contributed by atoms with Gasteiger partial charge >= 0.3 is 0 Å². The van der Waals surface area contributed by atoms with E-state index < -0.39 is 8.07 Å². The molecule has 3 aromatic carbocycles. The van der Waals surface area contributed by atoms with Gasteiger partial charge in [-0.05, 0) is 28.4 Å². The number of imidazole rings is 1. The van der Waals surface area contributed by atoms with E-state index in [1.165, 1.54) is 10.8 Å². The molecule has 0 atom stereocenters. The van der Waals surface area contributed by atoms with Gasteiger partial charge < -0.3 is 14.0 Å². The van der Waals surface area contributed by atoms with Gasteiger partial charge in [-0.3, -0.25) is 9.97 Å². The Morgan fingerprint density at radius 3 is 2.33 bits per heavy atom. The molecule has 0 unspecified atom stereocenters. The molecule has 0 saturated carbocycles. The monoisotopic (exact) mass is 759 g/mol. The van der Waals surface area contributed by atoms with Gasteiger partial charge in [0, 0.05) is 44.9 Å². The molecule has 219 valence electrons. The van der Waals surface area contributed by atoms with Crippen LogP contribution in [0.25, 0.3) is 55.6 Å². The quantitative estimate of drug-likeness (QED) is 0.133. The van der Waals surface area contributed by atoms with Gasteiger partial charge in [0.2, 0.25) is 0 Å². The zero-order chi connectivity index (χ0) is 29.4. The number of hydrogen-bond acceptors (Lipinski definition) is 4. The van der Waals surface area contributed by atoms with Gasteiger partial charge in [-0.1, -0.05) is 69.2 Å². The number of benzene rings is 3. The van der Waals surface area contributed by atoms with E-state index in [0.29, 0.717) is 5.92 Å². The van der Waals surface area contributed by atoms with Crippen LogP contribution in [0.15, 0.2) is 95.8 Å². The van der Waals surface area contributed by atoms with Crippen LogP contribution in [0.5, 0.6) is 0 Å². The zero-order valence-electron chi connectivity index (χ0n) is 25.3. The molecule has 7 heteroatoms. The van der Waals surface area contributed by atoms with Crippen molar-refractivity contribution in [1.29, 1.82) is 0 Å². The molecule has 0 fully saturated rings. The molecule has 0 bridgehead atoms. The van der Waals surface area contributed by atoms with Crippen molar-refractivity contribution >= 4 is 46.2 Å². The summed E-state index contributed by atoms with van der Waals surface area (Å²) in [7, 11) is 0.828. The van der Waals surface area contributed by atoms with Crippen LogP contribution < -0.4 is 5.19 Å². The number of pyridine rings is 2. The molecule has 7 rings (SSSR count). The molecule has 0 saturated heterocycles. The van der Waals surface area contributed by atoms with Crippen LogP contribution in [0.2, 0.25) is 19.6 Å². The van der Waals surface area contributed by atoms with Crippen LogP contribution >= 0.6 is 0 Å². The number of rotatable bonds is 4. The Labute approximate surface area is 267 Å². The summed E-state index contributed by atoms with van der Waals surface area (Å²) in [5, 5.41) is 3.59. The Bertz CT molecular complexity index is 2010. The smallest absolute Gasteiger partial charge is 0.120 e. The Kier molecular flexibility index (Phi) is 8.79. The standard InChI is InChI=1S/C22H18N3O.C14H16NSi.Ir/c1-13(2)17-11-23-12-18-21(17)25(3)22(24-18)14-8-9-20-16(10-14)15-6-4-5-7-19(15)26-20;1-16(2,3)13-9-10-14(15-11-13)12-7-5-4-6-8-12;/h4-7,9-13H,1-3H3;4-7,9-11H,1-3H3;/q2*-1;. The summed E-state index contributed by atoms with van der Waals surface area (Å²) in [6, 6.07) is 30.9. The largest absolute Gasteiger partial charge is 0.500 e. The SMILES string of the molecule is CC(C)c1cncc2nc(-c3[c-]cc4oc5ccccc5c4c3)n(C)c12.C[Si](C)(C)c1ccc(-c2[c-]cccc2)nc1.[Ir]. The first-order valence-electron chi connectivity index (χ1n) is 14.3. The van der Waals surface area contributed by atoms with E-state index in [1.54, 1.807) is 0 Å². The summed E-state index contributed by atoms with van der Waals surface area (Å²) < 4.78 is 8.06. The van der Waals surface area contributed by atoms with Gasteiger partial charge in [0.15, 0.2) is 0 Å². The zero-order valence-corrected chi connectivity index (χ0v) is 28.7. The summed E-state index contributed by atoms with van der Waals surface area (Å²) >= 11 is 0. The molecule has 0 aliphatic carbocycles. The maximum Gasteiger partial charge on any atom is 0.120 e. The number of hydrogen-bond donors (Lipinski definition) is 0. The van der Waals surface area contributed by atoms with Crippen LogP contribution in [0.3, 0.4) is 0 Å². The van der Waals surface area contributed by atoms with Crippen LogP contribution in [-0.4, -0.2) is 27.6 Å². The molecule has 0 aliphatic rings. The number of para-hydroxylation sites is 1. The third-order valence-electron chi connectivity index (χ3n) is 7.59. The Morgan fingerprint density at radius 1 is 0.837 bits per heavy atom. The van der Waals surface area contributed by atoms with Crippen molar-refractivity contribution in [3.63, 3.8) is 0 Å². The second-order valence-electron chi connectivity index (χ2n) is 11.9. The number of nitrogens with zero attached hydrogens (tertiary/aromatic N) is 4. The van der Waals surface area contributed by atoms with E-state index in [1.807, 2.05) is 67.1 Å². The second-order valence-corrected chi connectivity index (χ2v) is 17.0. The first-order valence-corrected chi connectivity index (χ1v) is 17.8. The maximum atomic E-state index is 5.91. The van der Waals surface area contributed by atoms with Crippen LogP contribution in [0, 0.1) is 12.1 Å². The summed E-state index contributed by atoms with van der Waals surface area (Å²) in [6.07, 6.45) is 5.79. The van der Waals surface area contributed by atoms with E-state index in [9.17, 15) is 0 Å². The Morgan fingerprint density at radius 2 is 1.63 bits per heavy atom. The molecule has 0 amide bonds. The van der Waals surface area contributed by atoms with E-state index in [-0.39, 0.29) is 20.1 Å². The number of fused-ring (bicyclic) bond motifs is 4. The van der Waals surface area contributed by atoms with Crippen molar-refractivity contribution in [2.45, 2.75) is 39.4 Å². The van der Waals surface area contributed by atoms with Gasteiger partial charge in [-0.15, -0.1) is 59.7 Å². The molecule has 7 aromatic rings. The van der Waals surface area contributed by atoms with Gasteiger partial charge in [0.05, 0.1) is 36.7 Å². The van der Waals surface area contributed by atoms with Crippen molar-refractivity contribution in [3.05, 3.63) is 109 Å². The minimum absolute atomic E-state index is 0. The van der Waals surface area contributed by atoms with Crippen molar-refractivity contribution < 1.29 is 24.5 Å². The Hall–Kier alpha value is -3.90. The van der Waals surface area contributed by atoms with Gasteiger partial charge in [0.1, 0.15) is 5.58 Å². The van der Waals surface area contributed by atoms with Gasteiger partial charge in [-0.25, -0.2) is 0 Å². The summed E-state index contributed by atoms with van der Waals surface area (Å²) in [5.41, 5.74) is 8.01. The van der Waals surface area contributed by atoms with Crippen molar-refractivity contribution in [2.24, 2.45) is 7.05 Å². The predicted molar refractivity (Wildman–Crippen MR) is 176 cm³/mol. The molecule has 0 aliphatic heterocycles. The van der Waals surface area contributed by atoms with E-state index in [0.717, 1.165) is 55.6 Å². The van der Waals surface area contributed by atoms with Crippen LogP contribution in [0.4, 0.5) is 0 Å². The fourth-order valence-electron chi connectivity index (χ4n) is 5.21.